The third-order valence-electron chi connectivity index (χ3n) is 4.25. The van der Waals surface area contributed by atoms with Crippen LogP contribution in [0.1, 0.15) is 44.6 Å². The molecule has 1 aliphatic rings. The fraction of sp³-hybridized carbons (Fsp3) is 0.600. The van der Waals surface area contributed by atoms with E-state index >= 15 is 0 Å². The highest BCUT2D eigenvalue weighted by molar-refractivity contribution is 5.49. The molecule has 0 amide bonds. The van der Waals surface area contributed by atoms with Crippen LogP contribution in [0.25, 0.3) is 5.65 Å². The Morgan fingerprint density at radius 2 is 2.32 bits per heavy atom. The molecule has 3 rings (SSSR count). The summed E-state index contributed by atoms with van der Waals surface area (Å²) in [6.07, 6.45) is 8.44. The number of aromatic nitrogens is 3. The largest absolute Gasteiger partial charge is 0.350 e. The van der Waals surface area contributed by atoms with E-state index in [0.29, 0.717) is 6.04 Å². The van der Waals surface area contributed by atoms with Gasteiger partial charge >= 0.3 is 0 Å². The van der Waals surface area contributed by atoms with Gasteiger partial charge in [-0.05, 0) is 37.3 Å². The minimum atomic E-state index is 0.538. The second kappa shape index (κ2) is 5.19. The lowest BCUT2D eigenvalue weighted by Crippen LogP contribution is -2.27. The molecule has 0 spiro atoms. The fourth-order valence-corrected chi connectivity index (χ4v) is 3.08. The van der Waals surface area contributed by atoms with E-state index in [4.69, 9.17) is 0 Å². The Morgan fingerprint density at radius 1 is 1.42 bits per heavy atom. The number of anilines is 1. The normalized spacial score (nSPS) is 23.7. The first-order chi connectivity index (χ1) is 9.26. The number of nitrogens with zero attached hydrogens (tertiary/aromatic N) is 3. The van der Waals surface area contributed by atoms with Gasteiger partial charge in [-0.3, -0.25) is 0 Å². The highest BCUT2D eigenvalue weighted by Gasteiger charge is 2.21. The van der Waals surface area contributed by atoms with Gasteiger partial charge in [0.05, 0.1) is 0 Å². The molecule has 1 fully saturated rings. The van der Waals surface area contributed by atoms with Gasteiger partial charge in [-0.15, -0.1) is 5.10 Å². The van der Waals surface area contributed by atoms with Gasteiger partial charge in [-0.25, -0.2) is 4.52 Å². The smallest absolute Gasteiger partial charge is 0.243 e. The number of hydrogen-bond donors (Lipinski definition) is 1. The van der Waals surface area contributed by atoms with Crippen LogP contribution < -0.4 is 5.32 Å². The number of fused-ring (bicyclic) bond motifs is 1. The second-order valence-corrected chi connectivity index (χ2v) is 5.68. The van der Waals surface area contributed by atoms with Crippen molar-refractivity contribution in [2.24, 2.45) is 5.92 Å². The summed E-state index contributed by atoms with van der Waals surface area (Å²) in [5, 5.41) is 8.03. The van der Waals surface area contributed by atoms with Crippen molar-refractivity contribution in [2.45, 2.75) is 52.0 Å². The maximum atomic E-state index is 4.60. The van der Waals surface area contributed by atoms with Gasteiger partial charge in [0.15, 0.2) is 5.65 Å². The number of nitrogens with one attached hydrogen (secondary N) is 1. The van der Waals surface area contributed by atoms with Gasteiger partial charge in [0, 0.05) is 12.2 Å². The van der Waals surface area contributed by atoms with Crippen molar-refractivity contribution in [3.8, 4) is 0 Å². The minimum Gasteiger partial charge on any atom is -0.350 e. The molecule has 0 radical (unpaired) electrons. The maximum absolute atomic E-state index is 4.60. The van der Waals surface area contributed by atoms with Gasteiger partial charge in [0.1, 0.15) is 0 Å². The highest BCUT2D eigenvalue weighted by atomic mass is 15.3. The van der Waals surface area contributed by atoms with Crippen molar-refractivity contribution in [3.05, 3.63) is 23.9 Å². The molecule has 102 valence electrons. The van der Waals surface area contributed by atoms with Crippen molar-refractivity contribution in [3.63, 3.8) is 0 Å². The first-order valence-electron chi connectivity index (χ1n) is 7.34. The Hall–Kier alpha value is -1.58. The molecule has 2 heterocycles. The minimum absolute atomic E-state index is 0.538. The van der Waals surface area contributed by atoms with Gasteiger partial charge in [0.2, 0.25) is 5.95 Å². The molecule has 4 nitrogen and oxygen atoms in total. The number of rotatable bonds is 3. The summed E-state index contributed by atoms with van der Waals surface area (Å²) >= 11 is 0. The molecule has 0 bridgehead atoms. The van der Waals surface area contributed by atoms with E-state index in [2.05, 4.69) is 35.3 Å². The summed E-state index contributed by atoms with van der Waals surface area (Å²) in [6, 6.07) is 4.62. The SMILES string of the molecule is CCC1CCCC(Nc2nc3c(C)cccn3n2)C1. The highest BCUT2D eigenvalue weighted by Crippen LogP contribution is 2.28. The molecule has 0 aromatic carbocycles. The zero-order chi connectivity index (χ0) is 13.2. The molecular formula is C15H22N4. The molecule has 2 unspecified atom stereocenters. The number of aryl methyl sites for hydroxylation is 1. The third-order valence-corrected chi connectivity index (χ3v) is 4.25. The predicted octanol–water partition coefficient (Wildman–Crippen LogP) is 3.42. The van der Waals surface area contributed by atoms with E-state index < -0.39 is 0 Å². The fourth-order valence-electron chi connectivity index (χ4n) is 3.08. The van der Waals surface area contributed by atoms with Crippen molar-refractivity contribution in [1.29, 1.82) is 0 Å². The first kappa shape index (κ1) is 12.5. The zero-order valence-electron chi connectivity index (χ0n) is 11.8. The lowest BCUT2D eigenvalue weighted by molar-refractivity contribution is 0.326. The number of pyridine rings is 1. The lowest BCUT2D eigenvalue weighted by atomic mass is 9.84. The molecular weight excluding hydrogens is 236 g/mol. The van der Waals surface area contributed by atoms with Crippen LogP contribution in [0.3, 0.4) is 0 Å². The molecule has 2 atom stereocenters. The Kier molecular flexibility index (Phi) is 3.40. The van der Waals surface area contributed by atoms with Gasteiger partial charge in [-0.2, -0.15) is 4.98 Å². The van der Waals surface area contributed by atoms with E-state index in [1.54, 1.807) is 0 Å². The summed E-state index contributed by atoms with van der Waals surface area (Å²) in [6.45, 7) is 4.36. The number of hydrogen-bond acceptors (Lipinski definition) is 3. The molecule has 0 saturated heterocycles. The second-order valence-electron chi connectivity index (χ2n) is 5.68. The van der Waals surface area contributed by atoms with Crippen molar-refractivity contribution in [2.75, 3.05) is 5.32 Å². The van der Waals surface area contributed by atoms with Crippen LogP contribution in [-0.4, -0.2) is 20.6 Å². The lowest BCUT2D eigenvalue weighted by Gasteiger charge is -2.28. The first-order valence-corrected chi connectivity index (χ1v) is 7.34. The van der Waals surface area contributed by atoms with Crippen LogP contribution in [0.15, 0.2) is 18.3 Å². The van der Waals surface area contributed by atoms with Crippen LogP contribution in [-0.2, 0) is 0 Å². The Bertz CT molecular complexity index is 560. The molecule has 1 N–H and O–H groups in total. The quantitative estimate of drug-likeness (QED) is 0.917. The van der Waals surface area contributed by atoms with Crippen molar-refractivity contribution in [1.82, 2.24) is 14.6 Å². The summed E-state index contributed by atoms with van der Waals surface area (Å²) in [5.74, 6) is 1.64. The summed E-state index contributed by atoms with van der Waals surface area (Å²) in [4.78, 5) is 4.60. The molecule has 19 heavy (non-hydrogen) atoms. The molecule has 1 saturated carbocycles. The Balaban J connectivity index is 1.76. The zero-order valence-corrected chi connectivity index (χ0v) is 11.8. The van der Waals surface area contributed by atoms with Crippen molar-refractivity contribution < 1.29 is 0 Å². The molecule has 0 aliphatic heterocycles. The van der Waals surface area contributed by atoms with Gasteiger partial charge < -0.3 is 5.32 Å². The average Bonchev–Trinajstić information content (AvgIpc) is 2.83. The molecule has 2 aromatic heterocycles. The molecule has 1 aliphatic carbocycles. The van der Waals surface area contributed by atoms with Crippen LogP contribution in [0.4, 0.5) is 5.95 Å². The average molecular weight is 258 g/mol. The van der Waals surface area contributed by atoms with E-state index in [1.807, 2.05) is 16.8 Å². The monoisotopic (exact) mass is 258 g/mol. The van der Waals surface area contributed by atoms with E-state index in [-0.39, 0.29) is 0 Å². The molecule has 2 aromatic rings. The third kappa shape index (κ3) is 2.57. The van der Waals surface area contributed by atoms with E-state index in [9.17, 15) is 0 Å². The van der Waals surface area contributed by atoms with Crippen LogP contribution in [0.5, 0.6) is 0 Å². The summed E-state index contributed by atoms with van der Waals surface area (Å²) in [5.41, 5.74) is 2.12. The summed E-state index contributed by atoms with van der Waals surface area (Å²) < 4.78 is 1.86. The van der Waals surface area contributed by atoms with Gasteiger partial charge in [0.25, 0.3) is 0 Å². The van der Waals surface area contributed by atoms with Crippen LogP contribution in [0.2, 0.25) is 0 Å². The predicted molar refractivity (Wildman–Crippen MR) is 77.4 cm³/mol. The van der Waals surface area contributed by atoms with Crippen LogP contribution >= 0.6 is 0 Å². The maximum Gasteiger partial charge on any atom is 0.243 e. The summed E-state index contributed by atoms with van der Waals surface area (Å²) in [7, 11) is 0. The van der Waals surface area contributed by atoms with E-state index in [1.165, 1.54) is 32.1 Å². The van der Waals surface area contributed by atoms with Gasteiger partial charge in [-0.1, -0.05) is 32.3 Å². The standard InChI is InChI=1S/C15H22N4/c1-3-12-7-4-8-13(10-12)16-15-17-14-11(2)6-5-9-19(14)18-15/h5-6,9,12-13H,3-4,7-8,10H2,1-2H3,(H,16,18). The van der Waals surface area contributed by atoms with E-state index in [0.717, 1.165) is 23.1 Å². The molecule has 4 heteroatoms. The van der Waals surface area contributed by atoms with Crippen molar-refractivity contribution >= 4 is 11.6 Å². The Morgan fingerprint density at radius 3 is 3.11 bits per heavy atom. The topological polar surface area (TPSA) is 42.2 Å². The Labute approximate surface area is 114 Å². The van der Waals surface area contributed by atoms with Crippen LogP contribution in [0, 0.1) is 12.8 Å².